The number of carbonyl (C=O) groups is 2. The fourth-order valence-electron chi connectivity index (χ4n) is 4.68. The molecule has 0 radical (unpaired) electrons. The molecule has 0 bridgehead atoms. The molecule has 2 aliphatic rings. The molecule has 0 saturated heterocycles. The summed E-state index contributed by atoms with van der Waals surface area (Å²) in [6.07, 6.45) is 0.276. The van der Waals surface area contributed by atoms with Gasteiger partial charge in [-0.2, -0.15) is 13.2 Å². The van der Waals surface area contributed by atoms with Gasteiger partial charge < -0.3 is 5.32 Å². The first-order chi connectivity index (χ1) is 16.1. The molecule has 0 spiro atoms. The number of aromatic nitrogens is 1. The summed E-state index contributed by atoms with van der Waals surface area (Å²) in [6, 6.07) is 6.34. The summed E-state index contributed by atoms with van der Waals surface area (Å²) in [7, 11) is 0. The van der Waals surface area contributed by atoms with Crippen LogP contribution in [0.15, 0.2) is 36.0 Å². The standard InChI is InChI=1S/C26H26F4N2O2/c1-15(33)18-10-19-11-22(14-32-24(19)12-18)31-13-20-8-16(2-7-23(20)27)9-25(34)17-3-5-21(6-4-17)26(28,29)30/h2,7-8,10-11,14,17,21,31H,3-6,9,12-13H2,1H3. The van der Waals surface area contributed by atoms with Crippen molar-refractivity contribution in [3.8, 4) is 0 Å². The minimum atomic E-state index is -4.20. The first kappa shape index (κ1) is 24.1. The third-order valence-electron chi connectivity index (χ3n) is 6.76. The van der Waals surface area contributed by atoms with E-state index in [1.807, 2.05) is 12.1 Å². The lowest BCUT2D eigenvalue weighted by molar-refractivity contribution is -0.184. The molecule has 8 heteroatoms. The number of halogens is 4. The summed E-state index contributed by atoms with van der Waals surface area (Å²) in [5.74, 6) is -2.20. The van der Waals surface area contributed by atoms with Gasteiger partial charge in [-0.05, 0) is 61.9 Å². The Morgan fingerprint density at radius 3 is 2.53 bits per heavy atom. The first-order valence-electron chi connectivity index (χ1n) is 11.4. The van der Waals surface area contributed by atoms with Crippen LogP contribution in [-0.4, -0.2) is 22.7 Å². The fourth-order valence-corrected chi connectivity index (χ4v) is 4.68. The van der Waals surface area contributed by atoms with E-state index in [0.717, 1.165) is 11.3 Å². The molecule has 1 saturated carbocycles. The van der Waals surface area contributed by atoms with Gasteiger partial charge in [-0.25, -0.2) is 4.39 Å². The van der Waals surface area contributed by atoms with Gasteiger partial charge >= 0.3 is 6.18 Å². The number of nitrogens with zero attached hydrogens (tertiary/aromatic N) is 1. The average molecular weight is 474 g/mol. The molecular formula is C26H26F4N2O2. The van der Waals surface area contributed by atoms with Crippen LogP contribution in [0, 0.1) is 17.7 Å². The number of allylic oxidation sites excluding steroid dienone is 1. The van der Waals surface area contributed by atoms with E-state index in [0.29, 0.717) is 28.8 Å². The van der Waals surface area contributed by atoms with Crippen LogP contribution >= 0.6 is 0 Å². The molecule has 4 nitrogen and oxygen atoms in total. The van der Waals surface area contributed by atoms with Gasteiger partial charge in [0.25, 0.3) is 0 Å². The Bertz CT molecular complexity index is 1130. The number of Topliss-reactive ketones (excluding diaryl/α,β-unsaturated/α-hetero) is 2. The minimum absolute atomic E-state index is 0.00865. The van der Waals surface area contributed by atoms with Crippen molar-refractivity contribution in [1.29, 1.82) is 0 Å². The summed E-state index contributed by atoms with van der Waals surface area (Å²) in [5.41, 5.74) is 4.09. The predicted octanol–water partition coefficient (Wildman–Crippen LogP) is 5.84. The van der Waals surface area contributed by atoms with E-state index in [4.69, 9.17) is 0 Å². The van der Waals surface area contributed by atoms with Gasteiger partial charge in [0.15, 0.2) is 5.78 Å². The maximum atomic E-state index is 14.4. The van der Waals surface area contributed by atoms with Crippen molar-refractivity contribution in [2.45, 2.75) is 58.2 Å². The highest BCUT2D eigenvalue weighted by molar-refractivity contribution is 6.00. The van der Waals surface area contributed by atoms with Crippen LogP contribution in [0.3, 0.4) is 0 Å². The number of alkyl halides is 3. The van der Waals surface area contributed by atoms with Crippen LogP contribution < -0.4 is 5.32 Å². The molecule has 0 amide bonds. The van der Waals surface area contributed by atoms with Crippen LogP contribution in [0.2, 0.25) is 0 Å². The molecule has 34 heavy (non-hydrogen) atoms. The van der Waals surface area contributed by atoms with Gasteiger partial charge in [-0.3, -0.25) is 14.6 Å². The quantitative estimate of drug-likeness (QED) is 0.512. The SMILES string of the molecule is CC(=O)C1=Cc2cc(NCc3cc(CC(=O)C4CCC(C(F)(F)F)CC4)ccc3F)cnc2C1. The second kappa shape index (κ2) is 9.68. The normalized spacial score (nSPS) is 20.0. The topological polar surface area (TPSA) is 59.1 Å². The van der Waals surface area contributed by atoms with E-state index in [1.165, 1.54) is 13.0 Å². The Balaban J connectivity index is 1.36. The van der Waals surface area contributed by atoms with Crippen LogP contribution in [0.4, 0.5) is 23.2 Å². The zero-order valence-corrected chi connectivity index (χ0v) is 18.8. The van der Waals surface area contributed by atoms with E-state index in [9.17, 15) is 27.2 Å². The van der Waals surface area contributed by atoms with Gasteiger partial charge in [-0.15, -0.1) is 0 Å². The van der Waals surface area contributed by atoms with Crippen molar-refractivity contribution in [2.24, 2.45) is 11.8 Å². The Morgan fingerprint density at radius 1 is 1.12 bits per heavy atom. The minimum Gasteiger partial charge on any atom is -0.380 e. The lowest BCUT2D eigenvalue weighted by atomic mass is 9.78. The molecule has 0 aliphatic heterocycles. The average Bonchev–Trinajstić information content (AvgIpc) is 3.23. The molecule has 1 aromatic carbocycles. The summed E-state index contributed by atoms with van der Waals surface area (Å²) >= 11 is 0. The molecule has 180 valence electrons. The van der Waals surface area contributed by atoms with E-state index in [1.54, 1.807) is 18.3 Å². The lowest BCUT2D eigenvalue weighted by Crippen LogP contribution is -2.30. The number of hydrogen-bond acceptors (Lipinski definition) is 4. The van der Waals surface area contributed by atoms with Gasteiger partial charge in [-0.1, -0.05) is 12.1 Å². The number of rotatable bonds is 7. The number of pyridine rings is 1. The van der Waals surface area contributed by atoms with Crippen molar-refractivity contribution in [3.63, 3.8) is 0 Å². The van der Waals surface area contributed by atoms with Crippen molar-refractivity contribution in [3.05, 3.63) is 64.2 Å². The zero-order chi connectivity index (χ0) is 24.5. The Morgan fingerprint density at radius 2 is 1.85 bits per heavy atom. The van der Waals surface area contributed by atoms with Crippen LogP contribution in [0.1, 0.15) is 55.0 Å². The number of ketones is 2. The summed E-state index contributed by atoms with van der Waals surface area (Å²) in [4.78, 5) is 28.6. The smallest absolute Gasteiger partial charge is 0.380 e. The Labute approximate surface area is 195 Å². The molecule has 2 aromatic rings. The fraction of sp³-hybridized carbons (Fsp3) is 0.423. The number of fused-ring (bicyclic) bond motifs is 1. The molecule has 0 atom stereocenters. The molecule has 1 fully saturated rings. The van der Waals surface area contributed by atoms with E-state index in [2.05, 4.69) is 10.3 Å². The van der Waals surface area contributed by atoms with Gasteiger partial charge in [0.2, 0.25) is 0 Å². The highest BCUT2D eigenvalue weighted by Crippen LogP contribution is 2.40. The molecule has 0 unspecified atom stereocenters. The maximum absolute atomic E-state index is 14.4. The second-order valence-corrected chi connectivity index (χ2v) is 9.18. The first-order valence-corrected chi connectivity index (χ1v) is 11.4. The van der Waals surface area contributed by atoms with Crippen molar-refractivity contribution >= 4 is 23.3 Å². The second-order valence-electron chi connectivity index (χ2n) is 9.18. The summed E-state index contributed by atoms with van der Waals surface area (Å²) in [6.45, 7) is 1.69. The number of nitrogens with one attached hydrogen (secondary N) is 1. The lowest BCUT2D eigenvalue weighted by Gasteiger charge is -2.29. The molecule has 1 aromatic heterocycles. The zero-order valence-electron chi connectivity index (χ0n) is 18.8. The van der Waals surface area contributed by atoms with E-state index in [-0.39, 0.29) is 56.1 Å². The highest BCUT2D eigenvalue weighted by atomic mass is 19.4. The molecule has 2 aliphatic carbocycles. The highest BCUT2D eigenvalue weighted by Gasteiger charge is 2.42. The van der Waals surface area contributed by atoms with Crippen LogP contribution in [-0.2, 0) is 29.0 Å². The number of anilines is 1. The van der Waals surface area contributed by atoms with Crippen molar-refractivity contribution < 1.29 is 27.2 Å². The maximum Gasteiger partial charge on any atom is 0.391 e. The van der Waals surface area contributed by atoms with E-state index >= 15 is 0 Å². The van der Waals surface area contributed by atoms with E-state index < -0.39 is 17.9 Å². The molecule has 4 rings (SSSR count). The van der Waals surface area contributed by atoms with Crippen LogP contribution in [0.25, 0.3) is 6.08 Å². The van der Waals surface area contributed by atoms with Crippen molar-refractivity contribution in [1.82, 2.24) is 4.98 Å². The Kier molecular flexibility index (Phi) is 6.86. The number of benzene rings is 1. The number of hydrogen-bond donors (Lipinski definition) is 1. The van der Waals surface area contributed by atoms with Gasteiger partial charge in [0.1, 0.15) is 11.6 Å². The Hall–Kier alpha value is -3.03. The van der Waals surface area contributed by atoms with Gasteiger partial charge in [0.05, 0.1) is 23.5 Å². The molecular weight excluding hydrogens is 448 g/mol. The van der Waals surface area contributed by atoms with Crippen LogP contribution in [0.5, 0.6) is 0 Å². The van der Waals surface area contributed by atoms with Crippen molar-refractivity contribution in [2.75, 3.05) is 5.32 Å². The third-order valence-corrected chi connectivity index (χ3v) is 6.76. The summed E-state index contributed by atoms with van der Waals surface area (Å²) < 4.78 is 53.0. The van der Waals surface area contributed by atoms with Gasteiger partial charge in [0, 0.05) is 36.4 Å². The largest absolute Gasteiger partial charge is 0.391 e. The molecule has 1 N–H and O–H groups in total. The molecule has 1 heterocycles. The monoisotopic (exact) mass is 474 g/mol. The summed E-state index contributed by atoms with van der Waals surface area (Å²) in [5, 5.41) is 3.13. The predicted molar refractivity (Wildman–Crippen MR) is 121 cm³/mol. The number of carbonyl (C=O) groups excluding carboxylic acids is 2. The third kappa shape index (κ3) is 5.54.